The van der Waals surface area contributed by atoms with Gasteiger partial charge < -0.3 is 14.3 Å². The summed E-state index contributed by atoms with van der Waals surface area (Å²) in [5, 5.41) is 7.51. The minimum atomic E-state index is -0.450. The van der Waals surface area contributed by atoms with E-state index in [1.165, 1.54) is 12.3 Å². The second kappa shape index (κ2) is 7.04. The number of amides is 2. The Balaban J connectivity index is 1.61. The van der Waals surface area contributed by atoms with Crippen LogP contribution in [0.3, 0.4) is 0 Å². The van der Waals surface area contributed by atoms with E-state index in [-0.39, 0.29) is 12.3 Å². The molecule has 3 aromatic rings. The highest BCUT2D eigenvalue weighted by Crippen LogP contribution is 2.22. The zero-order valence-electron chi connectivity index (χ0n) is 13.9. The highest BCUT2D eigenvalue weighted by atomic mass is 16.3. The topological polar surface area (TPSA) is 88.6 Å². The van der Waals surface area contributed by atoms with Crippen LogP contribution in [0.25, 0.3) is 10.9 Å². The van der Waals surface area contributed by atoms with E-state index in [1.54, 1.807) is 12.3 Å². The van der Waals surface area contributed by atoms with E-state index in [4.69, 9.17) is 4.42 Å². The quantitative estimate of drug-likeness (QED) is 0.550. The van der Waals surface area contributed by atoms with Gasteiger partial charge >= 0.3 is 0 Å². The molecule has 0 aliphatic carbocycles. The standard InChI is InChI=1S/C18H18N4O3/c1-12-14(13-6-3-4-7-15(13)22(12)2)10-20-21-17(23)11-19-18(24)16-8-5-9-25-16/h3-10H,11H2,1-2H3,(H,19,24)(H,21,23). The van der Waals surface area contributed by atoms with Crippen molar-refractivity contribution in [1.29, 1.82) is 0 Å². The Morgan fingerprint density at radius 2 is 2.04 bits per heavy atom. The summed E-state index contributed by atoms with van der Waals surface area (Å²) >= 11 is 0. The molecule has 0 fully saturated rings. The number of benzene rings is 1. The van der Waals surface area contributed by atoms with Gasteiger partial charge in [0.2, 0.25) is 0 Å². The van der Waals surface area contributed by atoms with E-state index in [9.17, 15) is 9.59 Å². The predicted octanol–water partition coefficient (Wildman–Crippen LogP) is 1.96. The maximum Gasteiger partial charge on any atom is 0.287 e. The lowest BCUT2D eigenvalue weighted by molar-refractivity contribution is -0.120. The van der Waals surface area contributed by atoms with Crippen molar-refractivity contribution < 1.29 is 14.0 Å². The van der Waals surface area contributed by atoms with Gasteiger partial charge in [-0.05, 0) is 25.1 Å². The number of para-hydroxylation sites is 1. The summed E-state index contributed by atoms with van der Waals surface area (Å²) in [6.45, 7) is 1.80. The molecule has 3 rings (SSSR count). The largest absolute Gasteiger partial charge is 0.459 e. The number of hydrogen-bond donors (Lipinski definition) is 2. The molecule has 0 bridgehead atoms. The number of hydrogen-bond acceptors (Lipinski definition) is 4. The molecule has 0 saturated carbocycles. The molecule has 0 atom stereocenters. The molecule has 128 valence electrons. The number of nitrogens with zero attached hydrogens (tertiary/aromatic N) is 2. The Labute approximate surface area is 144 Å². The summed E-state index contributed by atoms with van der Waals surface area (Å²) in [6.07, 6.45) is 3.01. The molecule has 2 aromatic heterocycles. The zero-order valence-corrected chi connectivity index (χ0v) is 13.9. The molecule has 2 N–H and O–H groups in total. The van der Waals surface area contributed by atoms with E-state index >= 15 is 0 Å². The monoisotopic (exact) mass is 338 g/mol. The van der Waals surface area contributed by atoms with Crippen LogP contribution in [0, 0.1) is 6.92 Å². The number of fused-ring (bicyclic) bond motifs is 1. The number of carbonyl (C=O) groups excluding carboxylic acids is 2. The van der Waals surface area contributed by atoms with Crippen LogP contribution < -0.4 is 10.7 Å². The van der Waals surface area contributed by atoms with E-state index in [2.05, 4.69) is 20.4 Å². The van der Waals surface area contributed by atoms with Crippen molar-refractivity contribution in [2.24, 2.45) is 12.1 Å². The Kier molecular flexibility index (Phi) is 4.65. The summed E-state index contributed by atoms with van der Waals surface area (Å²) in [5.41, 5.74) is 5.49. The molecule has 0 aliphatic heterocycles. The van der Waals surface area contributed by atoms with Crippen LogP contribution in [0.4, 0.5) is 0 Å². The van der Waals surface area contributed by atoms with Crippen LogP contribution in [0.5, 0.6) is 0 Å². The number of rotatable bonds is 5. The molecule has 2 amide bonds. The SMILES string of the molecule is Cc1c(C=NNC(=O)CNC(=O)c2ccco2)c2ccccc2n1C. The third-order valence-corrected chi connectivity index (χ3v) is 3.99. The molecule has 2 heterocycles. The third-order valence-electron chi connectivity index (χ3n) is 3.99. The number of carbonyl (C=O) groups is 2. The van der Waals surface area contributed by atoms with Crippen molar-refractivity contribution in [1.82, 2.24) is 15.3 Å². The van der Waals surface area contributed by atoms with Crippen molar-refractivity contribution in [2.75, 3.05) is 6.54 Å². The fraction of sp³-hybridized carbons (Fsp3) is 0.167. The highest BCUT2D eigenvalue weighted by Gasteiger charge is 2.11. The van der Waals surface area contributed by atoms with Gasteiger partial charge in [-0.3, -0.25) is 9.59 Å². The van der Waals surface area contributed by atoms with E-state index in [0.717, 1.165) is 22.2 Å². The second-order valence-electron chi connectivity index (χ2n) is 5.53. The first-order chi connectivity index (χ1) is 12.1. The Hall–Kier alpha value is -3.35. The van der Waals surface area contributed by atoms with Crippen LogP contribution in [0.1, 0.15) is 21.8 Å². The first-order valence-electron chi connectivity index (χ1n) is 7.75. The van der Waals surface area contributed by atoms with Gasteiger partial charge in [0.05, 0.1) is 19.0 Å². The average Bonchev–Trinajstić information content (AvgIpc) is 3.23. The maximum absolute atomic E-state index is 11.8. The zero-order chi connectivity index (χ0) is 17.8. The molecule has 0 aliphatic rings. The fourth-order valence-electron chi connectivity index (χ4n) is 2.58. The van der Waals surface area contributed by atoms with Crippen molar-refractivity contribution >= 4 is 28.9 Å². The van der Waals surface area contributed by atoms with E-state index < -0.39 is 11.8 Å². The van der Waals surface area contributed by atoms with Crippen LogP contribution >= 0.6 is 0 Å². The van der Waals surface area contributed by atoms with Gasteiger partial charge in [0, 0.05) is 29.2 Å². The number of hydrazone groups is 1. The van der Waals surface area contributed by atoms with Crippen molar-refractivity contribution in [3.8, 4) is 0 Å². The van der Waals surface area contributed by atoms with Gasteiger partial charge in [-0.1, -0.05) is 18.2 Å². The molecular formula is C18H18N4O3. The predicted molar refractivity (Wildman–Crippen MR) is 94.4 cm³/mol. The van der Waals surface area contributed by atoms with Crippen LogP contribution in [0.15, 0.2) is 52.2 Å². The third kappa shape index (κ3) is 3.45. The molecule has 1 aromatic carbocycles. The molecule has 0 unspecified atom stereocenters. The Bertz CT molecular complexity index is 939. The number of nitrogens with one attached hydrogen (secondary N) is 2. The minimum Gasteiger partial charge on any atom is -0.459 e. The summed E-state index contributed by atoms with van der Waals surface area (Å²) in [6, 6.07) is 11.1. The normalized spacial score (nSPS) is 11.1. The lowest BCUT2D eigenvalue weighted by Crippen LogP contribution is -2.34. The van der Waals surface area contributed by atoms with Gasteiger partial charge in [-0.25, -0.2) is 5.43 Å². The van der Waals surface area contributed by atoms with Crippen molar-refractivity contribution in [3.05, 3.63) is 59.7 Å². The molecule has 0 radical (unpaired) electrons. The first kappa shape index (κ1) is 16.5. The minimum absolute atomic E-state index is 0.155. The van der Waals surface area contributed by atoms with E-state index in [0.29, 0.717) is 0 Å². The second-order valence-corrected chi connectivity index (χ2v) is 5.53. The maximum atomic E-state index is 11.8. The van der Waals surface area contributed by atoms with Gasteiger partial charge in [0.15, 0.2) is 5.76 Å². The lowest BCUT2D eigenvalue weighted by atomic mass is 10.1. The average molecular weight is 338 g/mol. The number of furan rings is 1. The van der Waals surface area contributed by atoms with Crippen LogP contribution in [0.2, 0.25) is 0 Å². The smallest absolute Gasteiger partial charge is 0.287 e. The number of aromatic nitrogens is 1. The van der Waals surface area contributed by atoms with Gasteiger partial charge in [-0.15, -0.1) is 0 Å². The molecular weight excluding hydrogens is 320 g/mol. The Morgan fingerprint density at radius 3 is 2.80 bits per heavy atom. The van der Waals surface area contributed by atoms with Gasteiger partial charge in [0.25, 0.3) is 11.8 Å². The lowest BCUT2D eigenvalue weighted by Gasteiger charge is -2.02. The van der Waals surface area contributed by atoms with Gasteiger partial charge in [-0.2, -0.15) is 5.10 Å². The van der Waals surface area contributed by atoms with E-state index in [1.807, 2.05) is 38.2 Å². The van der Waals surface area contributed by atoms with Crippen LogP contribution in [-0.4, -0.2) is 29.1 Å². The van der Waals surface area contributed by atoms with Crippen molar-refractivity contribution in [2.45, 2.75) is 6.92 Å². The number of aryl methyl sites for hydroxylation is 1. The summed E-state index contributed by atoms with van der Waals surface area (Å²) < 4.78 is 7.02. The molecule has 25 heavy (non-hydrogen) atoms. The summed E-state index contributed by atoms with van der Waals surface area (Å²) in [4.78, 5) is 23.5. The molecule has 0 spiro atoms. The molecule has 7 nitrogen and oxygen atoms in total. The Morgan fingerprint density at radius 1 is 1.24 bits per heavy atom. The first-order valence-corrected chi connectivity index (χ1v) is 7.75. The molecule has 0 saturated heterocycles. The highest BCUT2D eigenvalue weighted by molar-refractivity contribution is 6.01. The van der Waals surface area contributed by atoms with Gasteiger partial charge in [0.1, 0.15) is 0 Å². The summed E-state index contributed by atoms with van der Waals surface area (Å²) in [7, 11) is 1.98. The van der Waals surface area contributed by atoms with Crippen molar-refractivity contribution in [3.63, 3.8) is 0 Å². The molecule has 7 heteroatoms. The summed E-state index contributed by atoms with van der Waals surface area (Å²) in [5.74, 6) is -0.717. The van der Waals surface area contributed by atoms with Crippen LogP contribution in [-0.2, 0) is 11.8 Å². The fourth-order valence-corrected chi connectivity index (χ4v) is 2.58.